The molecule has 3 N–H and O–H groups in total. The maximum Gasteiger partial charge on any atom is 0.0891 e. The molecule has 0 aromatic carbocycles. The fourth-order valence-corrected chi connectivity index (χ4v) is 0.289. The average molecular weight is 134 g/mol. The Morgan fingerprint density at radius 3 is 2.00 bits per heavy atom. The van der Waals surface area contributed by atoms with Gasteiger partial charge in [0.05, 0.1) is 20.6 Å². The number of nitrogens with two attached hydrogens (primary N) is 1. The Morgan fingerprint density at radius 1 is 1.67 bits per heavy atom. The summed E-state index contributed by atoms with van der Waals surface area (Å²) in [6.45, 7) is 1.36. The van der Waals surface area contributed by atoms with Gasteiger partial charge in [-0.05, 0) is 0 Å². The summed E-state index contributed by atoms with van der Waals surface area (Å²) < 4.78 is 0. The standard InChI is InChI=1S/C4H12N2.CH2O2/c1-6(2)4-3-5;2-1-3/h3-5H2,1-2H3;1H,(H,2,3). The first-order valence-corrected chi connectivity index (χ1v) is 2.73. The minimum Gasteiger partial charge on any atom is -0.554 e. The zero-order valence-electron chi connectivity index (χ0n) is 5.89. The lowest BCUT2D eigenvalue weighted by atomic mass is 10.6. The van der Waals surface area contributed by atoms with Gasteiger partial charge < -0.3 is 20.5 Å². The molecule has 0 spiro atoms. The van der Waals surface area contributed by atoms with E-state index < -0.39 is 6.47 Å². The van der Waals surface area contributed by atoms with Gasteiger partial charge in [0, 0.05) is 13.0 Å². The number of rotatable bonds is 2. The van der Waals surface area contributed by atoms with Crippen molar-refractivity contribution in [2.75, 3.05) is 27.2 Å². The van der Waals surface area contributed by atoms with Crippen LogP contribution in [0.5, 0.6) is 0 Å². The van der Waals surface area contributed by atoms with Crippen LogP contribution in [0.4, 0.5) is 0 Å². The fourth-order valence-electron chi connectivity index (χ4n) is 0.289. The molecule has 0 aromatic heterocycles. The van der Waals surface area contributed by atoms with Crippen molar-refractivity contribution in [2.24, 2.45) is 5.73 Å². The second-order valence-electron chi connectivity index (χ2n) is 1.84. The molecule has 4 nitrogen and oxygen atoms in total. The van der Waals surface area contributed by atoms with Crippen molar-refractivity contribution in [3.63, 3.8) is 0 Å². The predicted octanol–water partition coefficient (Wildman–Crippen LogP) is -3.54. The molecule has 0 aliphatic heterocycles. The van der Waals surface area contributed by atoms with E-state index in [2.05, 4.69) is 14.1 Å². The second-order valence-corrected chi connectivity index (χ2v) is 1.84. The highest BCUT2D eigenvalue weighted by Crippen LogP contribution is 1.28. The Balaban J connectivity index is 0. The normalized spacial score (nSPS) is 8.00. The van der Waals surface area contributed by atoms with Gasteiger partial charge in [-0.3, -0.25) is 0 Å². The molecule has 9 heavy (non-hydrogen) atoms. The van der Waals surface area contributed by atoms with Crippen molar-refractivity contribution < 1.29 is 14.8 Å². The summed E-state index contributed by atoms with van der Waals surface area (Å²) in [5, 5.41) is 8.25. The number of nitrogens with one attached hydrogen (secondary N) is 1. The predicted molar refractivity (Wildman–Crippen MR) is 32.8 cm³/mol. The molecule has 0 saturated carbocycles. The number of hydrogen-bond donors (Lipinski definition) is 2. The Labute approximate surface area is 55.3 Å². The maximum atomic E-state index is 8.25. The van der Waals surface area contributed by atoms with Crippen LogP contribution in [0.25, 0.3) is 0 Å². The third-order valence-corrected chi connectivity index (χ3v) is 0.644. The van der Waals surface area contributed by atoms with Gasteiger partial charge in [0.1, 0.15) is 0 Å². The van der Waals surface area contributed by atoms with Crippen molar-refractivity contribution in [3.8, 4) is 0 Å². The quantitative estimate of drug-likeness (QED) is 0.384. The smallest absolute Gasteiger partial charge is 0.0891 e. The first-order valence-electron chi connectivity index (χ1n) is 2.73. The second kappa shape index (κ2) is 10.4. The highest BCUT2D eigenvalue weighted by atomic mass is 16.3. The Bertz CT molecular complexity index is 56.9. The van der Waals surface area contributed by atoms with Crippen molar-refractivity contribution in [1.82, 2.24) is 0 Å². The molecule has 0 atom stereocenters. The maximum absolute atomic E-state index is 8.25. The topological polar surface area (TPSA) is 70.6 Å². The zero-order valence-corrected chi connectivity index (χ0v) is 5.89. The molecule has 4 heteroatoms. The van der Waals surface area contributed by atoms with E-state index in [-0.39, 0.29) is 0 Å². The summed E-state index contributed by atoms with van der Waals surface area (Å²) in [5.41, 5.74) is 5.21. The van der Waals surface area contributed by atoms with Gasteiger partial charge in [-0.25, -0.2) is 0 Å². The summed E-state index contributed by atoms with van der Waals surface area (Å²) in [5.74, 6) is 0. The molecule has 0 rings (SSSR count). The van der Waals surface area contributed by atoms with Crippen molar-refractivity contribution >= 4 is 6.47 Å². The van der Waals surface area contributed by atoms with Gasteiger partial charge in [0.15, 0.2) is 0 Å². The summed E-state index contributed by atoms with van der Waals surface area (Å²) in [4.78, 5) is 9.66. The van der Waals surface area contributed by atoms with Crippen molar-refractivity contribution in [2.45, 2.75) is 0 Å². The summed E-state index contributed by atoms with van der Waals surface area (Å²) in [7, 11) is 4.18. The molecule has 56 valence electrons. The van der Waals surface area contributed by atoms with Gasteiger partial charge in [-0.1, -0.05) is 0 Å². The minimum atomic E-state index is -0.500. The molecule has 0 radical (unpaired) electrons. The number of likely N-dealkylation sites (N-methyl/N-ethyl adjacent to an activating group) is 1. The number of hydrogen-bond acceptors (Lipinski definition) is 3. The first kappa shape index (κ1) is 11.2. The Hall–Kier alpha value is -0.610. The summed E-state index contributed by atoms with van der Waals surface area (Å²) in [6.07, 6.45) is 0. The SMILES string of the molecule is C[NH+](C)CCN.O=C[O-]. The lowest BCUT2D eigenvalue weighted by molar-refractivity contribution is -0.856. The van der Waals surface area contributed by atoms with Crippen molar-refractivity contribution in [1.29, 1.82) is 0 Å². The lowest BCUT2D eigenvalue weighted by Gasteiger charge is -2.01. The van der Waals surface area contributed by atoms with E-state index in [4.69, 9.17) is 15.6 Å². The Morgan fingerprint density at radius 2 is 2.00 bits per heavy atom. The largest absolute Gasteiger partial charge is 0.554 e. The van der Waals surface area contributed by atoms with Crippen LogP contribution in [0.15, 0.2) is 0 Å². The van der Waals surface area contributed by atoms with Crippen LogP contribution < -0.4 is 15.7 Å². The molecule has 0 fully saturated rings. The minimum absolute atomic E-state index is 0.500. The van der Waals surface area contributed by atoms with Crippen LogP contribution in [0, 0.1) is 0 Å². The molecule has 0 unspecified atom stereocenters. The van der Waals surface area contributed by atoms with E-state index in [9.17, 15) is 0 Å². The molecular formula is C5H14N2O2. The van der Waals surface area contributed by atoms with Crippen LogP contribution in [-0.2, 0) is 4.79 Å². The van der Waals surface area contributed by atoms with E-state index in [1.165, 1.54) is 4.90 Å². The molecule has 0 aliphatic carbocycles. The molecule has 0 amide bonds. The van der Waals surface area contributed by atoms with Gasteiger partial charge in [0.25, 0.3) is 0 Å². The average Bonchev–Trinajstić information content (AvgIpc) is 1.67. The zero-order chi connectivity index (χ0) is 7.70. The molecular weight excluding hydrogens is 120 g/mol. The number of carboxylic acid groups (broad SMARTS) is 1. The molecule has 0 heterocycles. The van der Waals surface area contributed by atoms with Crippen LogP contribution in [0.2, 0.25) is 0 Å². The van der Waals surface area contributed by atoms with Crippen LogP contribution in [-0.4, -0.2) is 33.7 Å². The number of carbonyl (C=O) groups is 1. The van der Waals surface area contributed by atoms with E-state index in [1.54, 1.807) is 0 Å². The van der Waals surface area contributed by atoms with Crippen LogP contribution in [0.3, 0.4) is 0 Å². The monoisotopic (exact) mass is 134 g/mol. The summed E-state index contributed by atoms with van der Waals surface area (Å²) >= 11 is 0. The lowest BCUT2D eigenvalue weighted by Crippen LogP contribution is -3.06. The first-order chi connectivity index (χ1) is 4.18. The molecule has 0 aliphatic rings. The highest BCUT2D eigenvalue weighted by molar-refractivity contribution is 5.29. The summed E-state index contributed by atoms with van der Waals surface area (Å²) in [6, 6.07) is 0. The molecule has 0 bridgehead atoms. The van der Waals surface area contributed by atoms with Gasteiger partial charge in [-0.15, -0.1) is 0 Å². The van der Waals surface area contributed by atoms with E-state index in [0.29, 0.717) is 0 Å². The van der Waals surface area contributed by atoms with E-state index >= 15 is 0 Å². The number of quaternary nitrogens is 1. The third kappa shape index (κ3) is 37.6. The van der Waals surface area contributed by atoms with Crippen LogP contribution in [0.1, 0.15) is 0 Å². The van der Waals surface area contributed by atoms with Crippen LogP contribution >= 0.6 is 0 Å². The van der Waals surface area contributed by atoms with Gasteiger partial charge >= 0.3 is 0 Å². The van der Waals surface area contributed by atoms with Gasteiger partial charge in [-0.2, -0.15) is 0 Å². The third-order valence-electron chi connectivity index (χ3n) is 0.644. The fraction of sp³-hybridized carbons (Fsp3) is 0.800. The van der Waals surface area contributed by atoms with Gasteiger partial charge in [0.2, 0.25) is 0 Å². The highest BCUT2D eigenvalue weighted by Gasteiger charge is 1.83. The molecule has 0 saturated heterocycles. The van der Waals surface area contributed by atoms with E-state index in [0.717, 1.165) is 13.1 Å². The molecule has 0 aromatic rings. The van der Waals surface area contributed by atoms with Crippen molar-refractivity contribution in [3.05, 3.63) is 0 Å². The Kier molecular flexibility index (Phi) is 13.0. The van der Waals surface area contributed by atoms with E-state index in [1.807, 2.05) is 0 Å². The number of carbonyl (C=O) groups excluding carboxylic acids is 1.